The van der Waals surface area contributed by atoms with Crippen molar-refractivity contribution in [1.29, 1.82) is 0 Å². The summed E-state index contributed by atoms with van der Waals surface area (Å²) in [4.78, 5) is 12.4. The lowest BCUT2D eigenvalue weighted by atomic mass is 9.88. The van der Waals surface area contributed by atoms with Gasteiger partial charge in [-0.05, 0) is 51.0 Å². The summed E-state index contributed by atoms with van der Waals surface area (Å²) >= 11 is 0. The van der Waals surface area contributed by atoms with Gasteiger partial charge in [0.15, 0.2) is 0 Å². The van der Waals surface area contributed by atoms with Gasteiger partial charge in [0.05, 0.1) is 5.54 Å². The Labute approximate surface area is 139 Å². The average molecular weight is 323 g/mol. The van der Waals surface area contributed by atoms with Gasteiger partial charge in [-0.25, -0.2) is 0 Å². The zero-order valence-electron chi connectivity index (χ0n) is 13.5. The van der Waals surface area contributed by atoms with Crippen molar-refractivity contribution in [3.63, 3.8) is 0 Å². The molecule has 0 spiro atoms. The molecule has 2 unspecified atom stereocenters. The minimum Gasteiger partial charge on any atom is -0.347 e. The van der Waals surface area contributed by atoms with Gasteiger partial charge < -0.3 is 10.6 Å². The molecule has 2 saturated heterocycles. The number of hydrogen-bond donors (Lipinski definition) is 2. The maximum absolute atomic E-state index is 12.4. The van der Waals surface area contributed by atoms with E-state index in [1.165, 1.54) is 12.8 Å². The molecule has 1 amide bonds. The molecule has 2 heterocycles. The molecule has 3 nitrogen and oxygen atoms in total. The van der Waals surface area contributed by atoms with E-state index in [1.807, 2.05) is 18.2 Å². The molecule has 1 aromatic carbocycles. The predicted molar refractivity (Wildman–Crippen MR) is 92.1 cm³/mol. The van der Waals surface area contributed by atoms with Crippen LogP contribution in [0.2, 0.25) is 0 Å². The fraction of sp³-hybridized carbons (Fsp3) is 0.611. The highest BCUT2D eigenvalue weighted by Crippen LogP contribution is 2.33. The van der Waals surface area contributed by atoms with E-state index >= 15 is 0 Å². The van der Waals surface area contributed by atoms with E-state index < -0.39 is 0 Å². The van der Waals surface area contributed by atoms with Gasteiger partial charge in [0.25, 0.3) is 0 Å². The van der Waals surface area contributed by atoms with E-state index in [2.05, 4.69) is 36.6 Å². The van der Waals surface area contributed by atoms with Crippen molar-refractivity contribution in [2.75, 3.05) is 0 Å². The summed E-state index contributed by atoms with van der Waals surface area (Å²) in [6.07, 6.45) is 5.58. The lowest BCUT2D eigenvalue weighted by Crippen LogP contribution is -2.44. The molecule has 4 heteroatoms. The van der Waals surface area contributed by atoms with Crippen molar-refractivity contribution in [2.24, 2.45) is 5.92 Å². The Hall–Kier alpha value is -1.06. The maximum atomic E-state index is 12.4. The number of rotatable bonds is 4. The van der Waals surface area contributed by atoms with Gasteiger partial charge >= 0.3 is 0 Å². The van der Waals surface area contributed by atoms with Crippen LogP contribution in [0.4, 0.5) is 0 Å². The first-order chi connectivity index (χ1) is 10.0. The molecule has 0 saturated carbocycles. The molecule has 22 heavy (non-hydrogen) atoms. The van der Waals surface area contributed by atoms with Crippen molar-refractivity contribution in [1.82, 2.24) is 10.6 Å². The van der Waals surface area contributed by atoms with Crippen LogP contribution in [0.15, 0.2) is 30.3 Å². The van der Waals surface area contributed by atoms with Crippen LogP contribution in [-0.2, 0) is 10.3 Å². The number of fused-ring (bicyclic) bond motifs is 2. The van der Waals surface area contributed by atoms with Crippen molar-refractivity contribution in [3.05, 3.63) is 35.9 Å². The van der Waals surface area contributed by atoms with Crippen LogP contribution < -0.4 is 10.6 Å². The average Bonchev–Trinajstić information content (AvgIpc) is 2.78. The molecule has 2 fully saturated rings. The zero-order valence-corrected chi connectivity index (χ0v) is 14.3. The number of halogens is 1. The number of benzene rings is 1. The minimum absolute atomic E-state index is 0. The Morgan fingerprint density at radius 3 is 2.36 bits per heavy atom. The summed E-state index contributed by atoms with van der Waals surface area (Å²) in [5.74, 6) is 0.741. The Morgan fingerprint density at radius 1 is 1.18 bits per heavy atom. The molecule has 2 atom stereocenters. The van der Waals surface area contributed by atoms with Crippen LogP contribution in [0, 0.1) is 5.92 Å². The SMILES string of the molecule is CC(C)(NC(=O)CC1CC2CCC(C1)N2)c1ccccc1.Cl. The number of piperidine rings is 1. The fourth-order valence-corrected chi connectivity index (χ4v) is 3.93. The van der Waals surface area contributed by atoms with E-state index in [1.54, 1.807) is 0 Å². The number of hydrogen-bond acceptors (Lipinski definition) is 2. The second-order valence-electron chi connectivity index (χ2n) is 7.22. The Balaban J connectivity index is 0.00000176. The smallest absolute Gasteiger partial charge is 0.220 e. The third-order valence-corrected chi connectivity index (χ3v) is 4.99. The van der Waals surface area contributed by atoms with Gasteiger partial charge in [0, 0.05) is 18.5 Å². The highest BCUT2D eigenvalue weighted by molar-refractivity contribution is 5.85. The van der Waals surface area contributed by atoms with Crippen molar-refractivity contribution in [2.45, 2.75) is 63.6 Å². The first kappa shape index (κ1) is 17.3. The Bertz CT molecular complexity index is 491. The number of carbonyl (C=O) groups excluding carboxylic acids is 1. The number of nitrogens with one attached hydrogen (secondary N) is 2. The molecule has 122 valence electrons. The van der Waals surface area contributed by atoms with Gasteiger partial charge in [0.1, 0.15) is 0 Å². The molecule has 2 aliphatic rings. The monoisotopic (exact) mass is 322 g/mol. The van der Waals surface area contributed by atoms with Crippen molar-refractivity contribution in [3.8, 4) is 0 Å². The molecule has 3 rings (SSSR count). The summed E-state index contributed by atoms with van der Waals surface area (Å²) in [5, 5.41) is 6.85. The molecular weight excluding hydrogens is 296 g/mol. The molecular formula is C18H27ClN2O. The van der Waals surface area contributed by atoms with Gasteiger partial charge in [-0.3, -0.25) is 4.79 Å². The predicted octanol–water partition coefficient (Wildman–Crippen LogP) is 3.38. The molecule has 2 N–H and O–H groups in total. The van der Waals surface area contributed by atoms with E-state index in [0.717, 1.165) is 18.4 Å². The Morgan fingerprint density at radius 2 is 1.77 bits per heavy atom. The third kappa shape index (κ3) is 4.02. The molecule has 0 radical (unpaired) electrons. The van der Waals surface area contributed by atoms with Crippen LogP contribution in [0.3, 0.4) is 0 Å². The first-order valence-corrected chi connectivity index (χ1v) is 8.15. The van der Waals surface area contributed by atoms with Crippen LogP contribution in [0.5, 0.6) is 0 Å². The van der Waals surface area contributed by atoms with Gasteiger partial charge in [-0.1, -0.05) is 30.3 Å². The fourth-order valence-electron chi connectivity index (χ4n) is 3.93. The maximum Gasteiger partial charge on any atom is 0.220 e. The summed E-state index contributed by atoms with van der Waals surface area (Å²) in [7, 11) is 0. The standard InChI is InChI=1S/C18H26N2O.ClH/c1-18(2,14-6-4-3-5-7-14)20-17(21)12-13-10-15-8-9-16(11-13)19-15;/h3-7,13,15-16,19H,8-12H2,1-2H3,(H,20,21);1H. The zero-order chi connectivity index (χ0) is 14.9. The lowest BCUT2D eigenvalue weighted by Gasteiger charge is -2.31. The summed E-state index contributed by atoms with van der Waals surface area (Å²) in [6, 6.07) is 11.5. The lowest BCUT2D eigenvalue weighted by molar-refractivity contribution is -0.124. The molecule has 0 aliphatic carbocycles. The summed E-state index contributed by atoms with van der Waals surface area (Å²) in [6.45, 7) is 4.15. The van der Waals surface area contributed by atoms with Crippen molar-refractivity contribution >= 4 is 18.3 Å². The second kappa shape index (κ2) is 7.01. The molecule has 0 aromatic heterocycles. The van der Waals surface area contributed by atoms with Crippen LogP contribution in [0.1, 0.15) is 51.5 Å². The molecule has 2 aliphatic heterocycles. The van der Waals surface area contributed by atoms with Crippen molar-refractivity contribution < 1.29 is 4.79 Å². The van der Waals surface area contributed by atoms with E-state index in [-0.39, 0.29) is 23.9 Å². The number of carbonyl (C=O) groups is 1. The second-order valence-corrected chi connectivity index (χ2v) is 7.22. The van der Waals surface area contributed by atoms with Gasteiger partial charge in [0.2, 0.25) is 5.91 Å². The van der Waals surface area contributed by atoms with E-state index in [0.29, 0.717) is 24.4 Å². The van der Waals surface area contributed by atoms with E-state index in [4.69, 9.17) is 0 Å². The number of amides is 1. The van der Waals surface area contributed by atoms with Crippen LogP contribution in [-0.4, -0.2) is 18.0 Å². The highest BCUT2D eigenvalue weighted by atomic mass is 35.5. The Kier molecular flexibility index (Phi) is 5.51. The largest absolute Gasteiger partial charge is 0.347 e. The third-order valence-electron chi connectivity index (χ3n) is 4.99. The van der Waals surface area contributed by atoms with E-state index in [9.17, 15) is 4.79 Å². The quantitative estimate of drug-likeness (QED) is 0.892. The minimum atomic E-state index is -0.301. The summed E-state index contributed by atoms with van der Waals surface area (Å²) in [5.41, 5.74) is 0.855. The topological polar surface area (TPSA) is 41.1 Å². The molecule has 2 bridgehead atoms. The first-order valence-electron chi connectivity index (χ1n) is 8.15. The normalized spacial score (nSPS) is 27.1. The van der Waals surface area contributed by atoms with Crippen LogP contribution >= 0.6 is 12.4 Å². The van der Waals surface area contributed by atoms with Gasteiger partial charge in [-0.15, -0.1) is 12.4 Å². The highest BCUT2D eigenvalue weighted by Gasteiger charge is 2.34. The summed E-state index contributed by atoms with van der Waals surface area (Å²) < 4.78 is 0. The van der Waals surface area contributed by atoms with Crippen LogP contribution in [0.25, 0.3) is 0 Å². The molecule has 1 aromatic rings. The van der Waals surface area contributed by atoms with Gasteiger partial charge in [-0.2, -0.15) is 0 Å².